The van der Waals surface area contributed by atoms with Gasteiger partial charge in [-0.2, -0.15) is 0 Å². The first-order chi connectivity index (χ1) is 5.34. The SMILES string of the molecule is ONCCC(O)c1cccs1. The van der Waals surface area contributed by atoms with Crippen LogP contribution >= 0.6 is 11.3 Å². The lowest BCUT2D eigenvalue weighted by atomic mass is 10.2. The van der Waals surface area contributed by atoms with Crippen LogP contribution in [0.25, 0.3) is 0 Å². The monoisotopic (exact) mass is 173 g/mol. The van der Waals surface area contributed by atoms with Gasteiger partial charge in [0.05, 0.1) is 6.10 Å². The van der Waals surface area contributed by atoms with Crippen LogP contribution in [0.2, 0.25) is 0 Å². The van der Waals surface area contributed by atoms with Crippen molar-refractivity contribution in [1.29, 1.82) is 0 Å². The Balaban J connectivity index is 2.36. The summed E-state index contributed by atoms with van der Waals surface area (Å²) in [5.74, 6) is 0. The summed E-state index contributed by atoms with van der Waals surface area (Å²) in [5.41, 5.74) is 2.01. The van der Waals surface area contributed by atoms with Crippen molar-refractivity contribution in [3.8, 4) is 0 Å². The first-order valence-corrected chi connectivity index (χ1v) is 4.31. The first kappa shape index (κ1) is 8.67. The summed E-state index contributed by atoms with van der Waals surface area (Å²) in [4.78, 5) is 0.945. The molecular formula is C7H11NO2S. The molecule has 1 aromatic heterocycles. The largest absolute Gasteiger partial charge is 0.388 e. The maximum atomic E-state index is 9.40. The van der Waals surface area contributed by atoms with E-state index in [0.29, 0.717) is 13.0 Å². The van der Waals surface area contributed by atoms with Crippen LogP contribution in [0, 0.1) is 0 Å². The van der Waals surface area contributed by atoms with Crippen LogP contribution in [-0.4, -0.2) is 16.9 Å². The van der Waals surface area contributed by atoms with Crippen molar-refractivity contribution < 1.29 is 10.3 Å². The summed E-state index contributed by atoms with van der Waals surface area (Å²) in [5, 5.41) is 19.6. The molecule has 0 aliphatic carbocycles. The van der Waals surface area contributed by atoms with E-state index >= 15 is 0 Å². The highest BCUT2D eigenvalue weighted by Crippen LogP contribution is 2.20. The number of nitrogens with one attached hydrogen (secondary N) is 1. The van der Waals surface area contributed by atoms with Gasteiger partial charge in [-0.3, -0.25) is 0 Å². The lowest BCUT2D eigenvalue weighted by Crippen LogP contribution is -2.11. The second-order valence-electron chi connectivity index (χ2n) is 2.23. The highest BCUT2D eigenvalue weighted by atomic mass is 32.1. The Morgan fingerprint density at radius 3 is 3.00 bits per heavy atom. The molecule has 0 bridgehead atoms. The van der Waals surface area contributed by atoms with Gasteiger partial charge in [-0.15, -0.1) is 11.3 Å². The number of hydroxylamine groups is 1. The van der Waals surface area contributed by atoms with Crippen LogP contribution < -0.4 is 5.48 Å². The first-order valence-electron chi connectivity index (χ1n) is 3.43. The van der Waals surface area contributed by atoms with Gasteiger partial charge in [0.1, 0.15) is 0 Å². The topological polar surface area (TPSA) is 52.5 Å². The van der Waals surface area contributed by atoms with Crippen LogP contribution in [0.15, 0.2) is 17.5 Å². The van der Waals surface area contributed by atoms with Crippen LogP contribution in [0.5, 0.6) is 0 Å². The Kier molecular flexibility index (Phi) is 3.51. The summed E-state index contributed by atoms with van der Waals surface area (Å²) in [6, 6.07) is 3.78. The van der Waals surface area contributed by atoms with E-state index in [4.69, 9.17) is 5.21 Å². The molecule has 4 heteroatoms. The summed E-state index contributed by atoms with van der Waals surface area (Å²) < 4.78 is 0. The zero-order valence-electron chi connectivity index (χ0n) is 6.03. The van der Waals surface area contributed by atoms with Crippen molar-refractivity contribution in [3.05, 3.63) is 22.4 Å². The fourth-order valence-electron chi connectivity index (χ4n) is 0.824. The molecule has 3 nitrogen and oxygen atoms in total. The Bertz CT molecular complexity index is 188. The normalized spacial score (nSPS) is 13.3. The van der Waals surface area contributed by atoms with Crippen molar-refractivity contribution in [3.63, 3.8) is 0 Å². The van der Waals surface area contributed by atoms with Gasteiger partial charge in [0.15, 0.2) is 0 Å². The third kappa shape index (κ3) is 2.59. The average Bonchev–Trinajstić information content (AvgIpc) is 2.52. The van der Waals surface area contributed by atoms with Crippen LogP contribution in [0.3, 0.4) is 0 Å². The van der Waals surface area contributed by atoms with Gasteiger partial charge in [-0.05, 0) is 17.9 Å². The minimum atomic E-state index is -0.449. The minimum Gasteiger partial charge on any atom is -0.388 e. The van der Waals surface area contributed by atoms with Gasteiger partial charge in [0, 0.05) is 11.4 Å². The number of rotatable bonds is 4. The van der Waals surface area contributed by atoms with E-state index in [0.717, 1.165) is 4.88 Å². The maximum Gasteiger partial charge on any atom is 0.0894 e. The molecule has 1 rings (SSSR count). The molecule has 3 N–H and O–H groups in total. The minimum absolute atomic E-state index is 0.416. The quantitative estimate of drug-likeness (QED) is 0.599. The Labute approximate surface area is 69.3 Å². The van der Waals surface area contributed by atoms with Gasteiger partial charge >= 0.3 is 0 Å². The van der Waals surface area contributed by atoms with E-state index in [1.54, 1.807) is 0 Å². The molecular weight excluding hydrogens is 162 g/mol. The second-order valence-corrected chi connectivity index (χ2v) is 3.21. The lowest BCUT2D eigenvalue weighted by molar-refractivity contribution is 0.123. The van der Waals surface area contributed by atoms with Crippen molar-refractivity contribution >= 4 is 11.3 Å². The maximum absolute atomic E-state index is 9.40. The molecule has 0 radical (unpaired) electrons. The number of aliphatic hydroxyl groups is 1. The van der Waals surface area contributed by atoms with Crippen LogP contribution in [0.1, 0.15) is 17.4 Å². The Morgan fingerprint density at radius 1 is 1.64 bits per heavy atom. The fraction of sp³-hybridized carbons (Fsp3) is 0.429. The predicted octanol–water partition coefficient (Wildman–Crippen LogP) is 1.15. The molecule has 1 atom stereocenters. The van der Waals surface area contributed by atoms with Crippen molar-refractivity contribution in [2.75, 3.05) is 6.54 Å². The summed E-state index contributed by atoms with van der Waals surface area (Å²) in [6.07, 6.45) is 0.0893. The second kappa shape index (κ2) is 4.46. The zero-order chi connectivity index (χ0) is 8.10. The van der Waals surface area contributed by atoms with E-state index in [2.05, 4.69) is 0 Å². The summed E-state index contributed by atoms with van der Waals surface area (Å²) >= 11 is 1.52. The predicted molar refractivity (Wildman–Crippen MR) is 43.7 cm³/mol. The molecule has 0 aliphatic rings. The van der Waals surface area contributed by atoms with Gasteiger partial charge in [0.25, 0.3) is 0 Å². The van der Waals surface area contributed by atoms with Crippen LogP contribution in [-0.2, 0) is 0 Å². The third-order valence-electron chi connectivity index (χ3n) is 1.40. The lowest BCUT2D eigenvalue weighted by Gasteiger charge is -2.05. The van der Waals surface area contributed by atoms with Gasteiger partial charge in [0.2, 0.25) is 0 Å². The average molecular weight is 173 g/mol. The highest BCUT2D eigenvalue weighted by Gasteiger charge is 2.06. The molecule has 62 valence electrons. The third-order valence-corrected chi connectivity index (χ3v) is 2.37. The molecule has 0 aliphatic heterocycles. The molecule has 0 aromatic carbocycles. The molecule has 0 spiro atoms. The number of hydrogen-bond donors (Lipinski definition) is 3. The van der Waals surface area contributed by atoms with E-state index in [-0.39, 0.29) is 0 Å². The number of thiophene rings is 1. The molecule has 0 fully saturated rings. The Hall–Kier alpha value is -0.420. The molecule has 0 saturated heterocycles. The molecule has 1 aromatic rings. The number of aliphatic hydroxyl groups excluding tert-OH is 1. The molecule has 11 heavy (non-hydrogen) atoms. The summed E-state index contributed by atoms with van der Waals surface area (Å²) in [7, 11) is 0. The molecule has 0 saturated carbocycles. The summed E-state index contributed by atoms with van der Waals surface area (Å²) in [6.45, 7) is 0.416. The standard InChI is InChI=1S/C7H11NO2S/c9-6(3-4-8-10)7-2-1-5-11-7/h1-2,5-6,8-10H,3-4H2. The van der Waals surface area contributed by atoms with E-state index in [9.17, 15) is 5.11 Å². The van der Waals surface area contributed by atoms with Crippen molar-refractivity contribution in [2.24, 2.45) is 0 Å². The van der Waals surface area contributed by atoms with Crippen LogP contribution in [0.4, 0.5) is 0 Å². The fourth-order valence-corrected chi connectivity index (χ4v) is 1.57. The smallest absolute Gasteiger partial charge is 0.0894 e. The molecule has 1 unspecified atom stereocenters. The van der Waals surface area contributed by atoms with E-state index in [1.165, 1.54) is 11.3 Å². The number of hydrogen-bond acceptors (Lipinski definition) is 4. The molecule has 1 heterocycles. The highest BCUT2D eigenvalue weighted by molar-refractivity contribution is 7.10. The van der Waals surface area contributed by atoms with Crippen molar-refractivity contribution in [1.82, 2.24) is 5.48 Å². The van der Waals surface area contributed by atoms with Gasteiger partial charge in [-0.25, -0.2) is 5.48 Å². The molecule has 0 amide bonds. The van der Waals surface area contributed by atoms with E-state index in [1.807, 2.05) is 23.0 Å². The van der Waals surface area contributed by atoms with Gasteiger partial charge in [-0.1, -0.05) is 6.07 Å². The zero-order valence-corrected chi connectivity index (χ0v) is 6.84. The Morgan fingerprint density at radius 2 is 2.45 bits per heavy atom. The van der Waals surface area contributed by atoms with E-state index < -0.39 is 6.10 Å². The van der Waals surface area contributed by atoms with Gasteiger partial charge < -0.3 is 10.3 Å². The van der Waals surface area contributed by atoms with Crippen molar-refractivity contribution in [2.45, 2.75) is 12.5 Å².